The number of halogens is 3. The molecule has 3 N–H and O–H groups in total. The van der Waals surface area contributed by atoms with Crippen LogP contribution in [-0.2, 0) is 0 Å². The second-order valence-corrected chi connectivity index (χ2v) is 3.53. The van der Waals surface area contributed by atoms with Gasteiger partial charge in [-0.05, 0) is 34.2 Å². The van der Waals surface area contributed by atoms with E-state index in [0.29, 0.717) is 0 Å². The fraction of sp³-hybridized carbons (Fsp3) is 0. The third-order valence-corrected chi connectivity index (χ3v) is 1.98. The van der Waals surface area contributed by atoms with E-state index < -0.39 is 11.6 Å². The Hall–Kier alpha value is -0.750. The van der Waals surface area contributed by atoms with Crippen molar-refractivity contribution in [2.75, 3.05) is 5.32 Å². The first kappa shape index (κ1) is 10.3. The van der Waals surface area contributed by atoms with E-state index in [1.54, 1.807) is 0 Å². The number of benzene rings is 1. The number of hydrogen-bond donors (Lipinski definition) is 2. The summed E-state index contributed by atoms with van der Waals surface area (Å²) in [5.74, 6) is -1.21. The third kappa shape index (κ3) is 2.60. The summed E-state index contributed by atoms with van der Waals surface area (Å²) in [6, 6.07) is 1.97. The quantitative estimate of drug-likeness (QED) is 0.606. The molecule has 70 valence electrons. The number of anilines is 1. The predicted molar refractivity (Wildman–Crippen MR) is 54.5 cm³/mol. The van der Waals surface area contributed by atoms with Crippen molar-refractivity contribution in [3.8, 4) is 0 Å². The molecule has 0 aromatic heterocycles. The van der Waals surface area contributed by atoms with Crippen molar-refractivity contribution in [3.05, 3.63) is 28.2 Å². The number of nitrogens with two attached hydrogens (primary N) is 1. The van der Waals surface area contributed by atoms with Crippen LogP contribution >= 0.6 is 28.1 Å². The zero-order valence-electron chi connectivity index (χ0n) is 6.27. The van der Waals surface area contributed by atoms with Crippen LogP contribution < -0.4 is 11.1 Å². The molecule has 1 aromatic rings. The molecule has 0 radical (unpaired) electrons. The summed E-state index contributed by atoms with van der Waals surface area (Å²) in [4.78, 5) is 0. The molecule has 0 aliphatic heterocycles. The van der Waals surface area contributed by atoms with Crippen LogP contribution in [0.2, 0.25) is 0 Å². The lowest BCUT2D eigenvalue weighted by Crippen LogP contribution is -2.19. The highest BCUT2D eigenvalue weighted by atomic mass is 79.9. The summed E-state index contributed by atoms with van der Waals surface area (Å²) >= 11 is 7.32. The normalized spacial score (nSPS) is 9.77. The maximum absolute atomic E-state index is 13.0. The first-order valence-corrected chi connectivity index (χ1v) is 4.42. The summed E-state index contributed by atoms with van der Waals surface area (Å²) < 4.78 is 25.9. The molecule has 0 spiro atoms. The molecule has 1 aromatic carbocycles. The van der Waals surface area contributed by atoms with E-state index >= 15 is 0 Å². The Morgan fingerprint density at radius 3 is 2.54 bits per heavy atom. The molecule has 13 heavy (non-hydrogen) atoms. The smallest absolute Gasteiger partial charge is 0.168 e. The van der Waals surface area contributed by atoms with Gasteiger partial charge in [0.1, 0.15) is 11.6 Å². The molecule has 0 aliphatic carbocycles. The van der Waals surface area contributed by atoms with Crippen LogP contribution in [0.15, 0.2) is 16.6 Å². The van der Waals surface area contributed by atoms with Gasteiger partial charge in [0.2, 0.25) is 0 Å². The van der Waals surface area contributed by atoms with Gasteiger partial charge in [0.05, 0.1) is 10.2 Å². The van der Waals surface area contributed by atoms with Gasteiger partial charge in [-0.1, -0.05) is 0 Å². The summed E-state index contributed by atoms with van der Waals surface area (Å²) in [7, 11) is 0. The summed E-state index contributed by atoms with van der Waals surface area (Å²) in [5.41, 5.74) is 5.03. The van der Waals surface area contributed by atoms with Gasteiger partial charge in [0, 0.05) is 6.07 Å². The maximum atomic E-state index is 13.0. The van der Waals surface area contributed by atoms with Crippen LogP contribution in [0.25, 0.3) is 0 Å². The van der Waals surface area contributed by atoms with E-state index in [9.17, 15) is 8.78 Å². The molecule has 0 heterocycles. The van der Waals surface area contributed by atoms with Crippen LogP contribution in [0.5, 0.6) is 0 Å². The van der Waals surface area contributed by atoms with Gasteiger partial charge in [0.15, 0.2) is 5.11 Å². The standard InChI is InChI=1S/C7H5BrF2N2S/c8-3-1-5(10)6(2-4(3)9)12-7(11)13/h1-2H,(H3,11,12,13). The molecule has 1 rings (SSSR count). The minimum absolute atomic E-state index is 0.0542. The molecule has 6 heteroatoms. The molecule has 0 amide bonds. The number of thiocarbonyl (C=S) groups is 1. The van der Waals surface area contributed by atoms with Crippen molar-refractivity contribution < 1.29 is 8.78 Å². The van der Waals surface area contributed by atoms with E-state index in [1.807, 2.05) is 0 Å². The summed E-state index contributed by atoms with van der Waals surface area (Å²) in [6.45, 7) is 0. The monoisotopic (exact) mass is 266 g/mol. The van der Waals surface area contributed by atoms with E-state index in [0.717, 1.165) is 12.1 Å². The van der Waals surface area contributed by atoms with Gasteiger partial charge in [0.25, 0.3) is 0 Å². The second kappa shape index (κ2) is 3.97. The highest BCUT2D eigenvalue weighted by Gasteiger charge is 2.07. The van der Waals surface area contributed by atoms with Crippen molar-refractivity contribution in [1.29, 1.82) is 0 Å². The third-order valence-electron chi connectivity index (χ3n) is 1.27. The number of nitrogens with one attached hydrogen (secondary N) is 1. The molecular weight excluding hydrogens is 262 g/mol. The Labute approximate surface area is 87.2 Å². The maximum Gasteiger partial charge on any atom is 0.168 e. The van der Waals surface area contributed by atoms with Crippen LogP contribution in [0, 0.1) is 11.6 Å². The van der Waals surface area contributed by atoms with E-state index in [1.165, 1.54) is 0 Å². The zero-order valence-corrected chi connectivity index (χ0v) is 8.68. The van der Waals surface area contributed by atoms with Gasteiger partial charge in [-0.3, -0.25) is 0 Å². The topological polar surface area (TPSA) is 38.0 Å². The van der Waals surface area contributed by atoms with Gasteiger partial charge in [-0.25, -0.2) is 8.78 Å². The van der Waals surface area contributed by atoms with E-state index in [-0.39, 0.29) is 15.3 Å². The lowest BCUT2D eigenvalue weighted by molar-refractivity contribution is 0.598. The molecule has 0 fully saturated rings. The first-order chi connectivity index (χ1) is 6.00. The Bertz CT molecular complexity index is 357. The Balaban J connectivity index is 3.08. The fourth-order valence-corrected chi connectivity index (χ4v) is 1.18. The lowest BCUT2D eigenvalue weighted by atomic mass is 10.3. The Morgan fingerprint density at radius 2 is 2.00 bits per heavy atom. The van der Waals surface area contributed by atoms with E-state index in [2.05, 4.69) is 33.5 Å². The van der Waals surface area contributed by atoms with Crippen molar-refractivity contribution in [2.45, 2.75) is 0 Å². The van der Waals surface area contributed by atoms with Crippen LogP contribution in [-0.4, -0.2) is 5.11 Å². The first-order valence-electron chi connectivity index (χ1n) is 3.21. The van der Waals surface area contributed by atoms with Gasteiger partial charge in [-0.15, -0.1) is 0 Å². The average Bonchev–Trinajstić information content (AvgIpc) is 1.99. The van der Waals surface area contributed by atoms with Crippen LogP contribution in [0.3, 0.4) is 0 Å². The molecule has 0 saturated heterocycles. The van der Waals surface area contributed by atoms with Crippen molar-refractivity contribution >= 4 is 38.9 Å². The largest absolute Gasteiger partial charge is 0.376 e. The molecule has 0 saturated carbocycles. The molecule has 2 nitrogen and oxygen atoms in total. The Morgan fingerprint density at radius 1 is 1.38 bits per heavy atom. The van der Waals surface area contributed by atoms with Crippen LogP contribution in [0.1, 0.15) is 0 Å². The molecule has 0 atom stereocenters. The van der Waals surface area contributed by atoms with Crippen molar-refractivity contribution in [1.82, 2.24) is 0 Å². The van der Waals surface area contributed by atoms with Crippen LogP contribution in [0.4, 0.5) is 14.5 Å². The predicted octanol–water partition coefficient (Wildman–Crippen LogP) is 2.38. The minimum atomic E-state index is -0.624. The van der Waals surface area contributed by atoms with Crippen molar-refractivity contribution in [3.63, 3.8) is 0 Å². The fourth-order valence-electron chi connectivity index (χ4n) is 0.751. The zero-order chi connectivity index (χ0) is 10.0. The highest BCUT2D eigenvalue weighted by molar-refractivity contribution is 9.10. The highest BCUT2D eigenvalue weighted by Crippen LogP contribution is 2.22. The summed E-state index contributed by atoms with van der Waals surface area (Å²) in [5, 5.41) is 2.20. The molecule has 0 unspecified atom stereocenters. The molecule has 0 bridgehead atoms. The number of hydrogen-bond acceptors (Lipinski definition) is 1. The second-order valence-electron chi connectivity index (χ2n) is 2.24. The SMILES string of the molecule is NC(=S)Nc1cc(F)c(Br)cc1F. The van der Waals surface area contributed by atoms with Gasteiger partial charge < -0.3 is 11.1 Å². The van der Waals surface area contributed by atoms with Gasteiger partial charge >= 0.3 is 0 Å². The lowest BCUT2D eigenvalue weighted by Gasteiger charge is -2.05. The summed E-state index contributed by atoms with van der Waals surface area (Å²) in [6.07, 6.45) is 0. The molecule has 0 aliphatic rings. The Kier molecular flexibility index (Phi) is 3.16. The minimum Gasteiger partial charge on any atom is -0.376 e. The van der Waals surface area contributed by atoms with E-state index in [4.69, 9.17) is 5.73 Å². The average molecular weight is 267 g/mol. The van der Waals surface area contributed by atoms with Crippen molar-refractivity contribution in [2.24, 2.45) is 5.73 Å². The van der Waals surface area contributed by atoms with Gasteiger partial charge in [-0.2, -0.15) is 0 Å². The number of rotatable bonds is 1. The molecular formula is C7H5BrF2N2S.